The molecule has 55 heavy (non-hydrogen) atoms. The van der Waals surface area contributed by atoms with E-state index in [9.17, 15) is 0 Å². The second kappa shape index (κ2) is 10.8. The summed E-state index contributed by atoms with van der Waals surface area (Å²) in [5.41, 5.74) is 11.3. The van der Waals surface area contributed by atoms with Gasteiger partial charge in [0.25, 0.3) is 0 Å². The molecular formula is C50H28N4S. The molecule has 5 aromatic heterocycles. The van der Waals surface area contributed by atoms with Gasteiger partial charge in [-0.3, -0.25) is 4.57 Å². The second-order valence-corrected chi connectivity index (χ2v) is 15.6. The molecule has 5 heterocycles. The molecule has 0 N–H and O–H groups in total. The smallest absolute Gasteiger partial charge is 0.235 e. The van der Waals surface area contributed by atoms with Gasteiger partial charge in [-0.1, -0.05) is 140 Å². The summed E-state index contributed by atoms with van der Waals surface area (Å²) in [5.74, 6) is 0.677. The van der Waals surface area contributed by atoms with Crippen molar-refractivity contribution in [3.05, 3.63) is 170 Å². The van der Waals surface area contributed by atoms with Crippen LogP contribution in [0.5, 0.6) is 0 Å². The highest BCUT2D eigenvalue weighted by Gasteiger charge is 2.27. The average Bonchev–Trinajstić information content (AvgIpc) is 3.99. The van der Waals surface area contributed by atoms with Crippen molar-refractivity contribution < 1.29 is 0 Å². The first kappa shape index (κ1) is 29.4. The van der Waals surface area contributed by atoms with Crippen LogP contribution in [0.1, 0.15) is 0 Å². The number of hydrogen-bond acceptors (Lipinski definition) is 3. The van der Waals surface area contributed by atoms with Gasteiger partial charge in [0.2, 0.25) is 5.95 Å². The van der Waals surface area contributed by atoms with E-state index in [1.54, 1.807) is 11.3 Å². The minimum atomic E-state index is 0.677. The van der Waals surface area contributed by atoms with Crippen molar-refractivity contribution >= 4 is 102 Å². The molecule has 254 valence electrons. The van der Waals surface area contributed by atoms with Gasteiger partial charge in [-0.2, -0.15) is 0 Å². The van der Waals surface area contributed by atoms with Crippen LogP contribution >= 0.6 is 11.3 Å². The highest BCUT2D eigenvalue weighted by molar-refractivity contribution is 7.26. The van der Waals surface area contributed by atoms with Crippen molar-refractivity contribution in [2.45, 2.75) is 0 Å². The predicted octanol–water partition coefficient (Wildman–Crippen LogP) is 13.6. The topological polar surface area (TPSA) is 35.1 Å². The normalized spacial score (nSPS) is 12.4. The van der Waals surface area contributed by atoms with Crippen molar-refractivity contribution in [1.82, 2.24) is 18.9 Å². The molecule has 0 aliphatic carbocycles. The van der Waals surface area contributed by atoms with Gasteiger partial charge in [0.1, 0.15) is 0 Å². The minimum Gasteiger partial charge on any atom is -0.308 e. The van der Waals surface area contributed by atoms with E-state index in [0.29, 0.717) is 5.95 Å². The molecule has 0 spiro atoms. The third-order valence-corrected chi connectivity index (χ3v) is 12.8. The molecule has 0 radical (unpaired) electrons. The van der Waals surface area contributed by atoms with Crippen molar-refractivity contribution in [3.8, 4) is 28.3 Å². The number of rotatable bonds is 3. The molecule has 5 heteroatoms. The summed E-state index contributed by atoms with van der Waals surface area (Å²) in [5, 5.41) is 11.0. The van der Waals surface area contributed by atoms with Crippen LogP contribution in [-0.2, 0) is 0 Å². The predicted molar refractivity (Wildman–Crippen MR) is 232 cm³/mol. The van der Waals surface area contributed by atoms with E-state index in [0.717, 1.165) is 37.9 Å². The van der Waals surface area contributed by atoms with Gasteiger partial charge in [-0.05, 0) is 52.2 Å². The molecular weight excluding hydrogens is 689 g/mol. The number of aromatic nitrogens is 4. The Labute approximate surface area is 318 Å². The van der Waals surface area contributed by atoms with Crippen molar-refractivity contribution in [2.75, 3.05) is 0 Å². The molecule has 13 aromatic rings. The molecule has 0 saturated heterocycles. The fourth-order valence-corrected chi connectivity index (χ4v) is 10.5. The molecule has 0 fully saturated rings. The maximum absolute atomic E-state index is 5.62. The average molecular weight is 717 g/mol. The molecule has 0 aliphatic heterocycles. The SMILES string of the molecule is c1ccc(-c2ccc(-c3nc(-n4c5ccc6ccccc6c5c5cc6c7ccccc7n7c8ccccc8c(c54)c67)nc4c3sc3ccccc34)cc2)cc1. The van der Waals surface area contributed by atoms with E-state index < -0.39 is 0 Å². The first-order valence-electron chi connectivity index (χ1n) is 18.7. The number of fused-ring (bicyclic) bond motifs is 15. The molecule has 0 saturated carbocycles. The number of nitrogens with zero attached hydrogens (tertiary/aromatic N) is 4. The van der Waals surface area contributed by atoms with Gasteiger partial charge in [0.15, 0.2) is 0 Å². The highest BCUT2D eigenvalue weighted by Crippen LogP contribution is 2.48. The van der Waals surface area contributed by atoms with Crippen LogP contribution in [0.2, 0.25) is 0 Å². The zero-order chi connectivity index (χ0) is 35.8. The van der Waals surface area contributed by atoms with Crippen molar-refractivity contribution in [1.29, 1.82) is 0 Å². The van der Waals surface area contributed by atoms with Gasteiger partial charge >= 0.3 is 0 Å². The zero-order valence-electron chi connectivity index (χ0n) is 29.4. The first-order valence-corrected chi connectivity index (χ1v) is 19.5. The standard InChI is InChI=1S/C50H28N4S/c1-2-12-29(13-3-1)30-22-24-32(25-23-30)45-49-46(36-18-8-11-21-42(36)55-49)52-50(51-45)54-41-27-26-31-14-4-5-15-33(31)43(41)38-28-37-34-16-6-9-19-39(34)53-40-20-10-7-17-35(40)44(47(37)53)48(38)54/h1-28H. The summed E-state index contributed by atoms with van der Waals surface area (Å²) in [6.07, 6.45) is 0. The molecule has 0 amide bonds. The van der Waals surface area contributed by atoms with Crippen LogP contribution in [0.15, 0.2) is 170 Å². The molecule has 13 rings (SSSR count). The Kier molecular flexibility index (Phi) is 5.74. The van der Waals surface area contributed by atoms with Crippen LogP contribution in [-0.4, -0.2) is 18.9 Å². The Hall–Kier alpha value is -7.08. The fourth-order valence-electron chi connectivity index (χ4n) is 9.31. The third-order valence-electron chi connectivity index (χ3n) is 11.7. The monoisotopic (exact) mass is 716 g/mol. The second-order valence-electron chi connectivity index (χ2n) is 14.5. The van der Waals surface area contributed by atoms with Crippen LogP contribution in [0.25, 0.3) is 119 Å². The zero-order valence-corrected chi connectivity index (χ0v) is 30.2. The number of thiophene rings is 1. The number of benzene rings is 8. The lowest BCUT2D eigenvalue weighted by atomic mass is 10.0. The molecule has 0 unspecified atom stereocenters. The van der Waals surface area contributed by atoms with E-state index in [1.165, 1.54) is 75.5 Å². The Bertz CT molecular complexity index is 3700. The Morgan fingerprint density at radius 3 is 1.91 bits per heavy atom. The number of para-hydroxylation sites is 2. The first-order chi connectivity index (χ1) is 27.3. The van der Waals surface area contributed by atoms with Gasteiger partial charge in [-0.15, -0.1) is 11.3 Å². The maximum Gasteiger partial charge on any atom is 0.235 e. The van der Waals surface area contributed by atoms with E-state index >= 15 is 0 Å². The van der Waals surface area contributed by atoms with Crippen LogP contribution in [0.3, 0.4) is 0 Å². The van der Waals surface area contributed by atoms with E-state index in [2.05, 4.69) is 179 Å². The summed E-state index contributed by atoms with van der Waals surface area (Å²) < 4.78 is 7.13. The quantitative estimate of drug-likeness (QED) is 0.182. The van der Waals surface area contributed by atoms with Crippen molar-refractivity contribution in [2.24, 2.45) is 0 Å². The Morgan fingerprint density at radius 1 is 0.418 bits per heavy atom. The van der Waals surface area contributed by atoms with Crippen LogP contribution < -0.4 is 0 Å². The largest absolute Gasteiger partial charge is 0.308 e. The van der Waals surface area contributed by atoms with Gasteiger partial charge < -0.3 is 4.40 Å². The Morgan fingerprint density at radius 2 is 1.07 bits per heavy atom. The van der Waals surface area contributed by atoms with Gasteiger partial charge in [-0.25, -0.2) is 9.97 Å². The maximum atomic E-state index is 5.62. The molecule has 0 bridgehead atoms. The summed E-state index contributed by atoms with van der Waals surface area (Å²) in [7, 11) is 0. The third kappa shape index (κ3) is 3.89. The van der Waals surface area contributed by atoms with Gasteiger partial charge in [0, 0.05) is 48.0 Å². The van der Waals surface area contributed by atoms with Crippen molar-refractivity contribution in [3.63, 3.8) is 0 Å². The van der Waals surface area contributed by atoms with Gasteiger partial charge in [0.05, 0.1) is 43.5 Å². The lowest BCUT2D eigenvalue weighted by Crippen LogP contribution is -2.03. The summed E-state index contributed by atoms with van der Waals surface area (Å²) in [4.78, 5) is 11.2. The summed E-state index contributed by atoms with van der Waals surface area (Å²) >= 11 is 1.77. The Balaban J connectivity index is 1.22. The molecule has 0 atom stereocenters. The lowest BCUT2D eigenvalue weighted by Gasteiger charge is -2.11. The van der Waals surface area contributed by atoms with E-state index in [4.69, 9.17) is 9.97 Å². The molecule has 4 nitrogen and oxygen atoms in total. The van der Waals surface area contributed by atoms with Crippen LogP contribution in [0.4, 0.5) is 0 Å². The fraction of sp³-hybridized carbons (Fsp3) is 0. The summed E-state index contributed by atoms with van der Waals surface area (Å²) in [6.45, 7) is 0. The lowest BCUT2D eigenvalue weighted by molar-refractivity contribution is 1.02. The van der Waals surface area contributed by atoms with Crippen LogP contribution in [0, 0.1) is 0 Å². The highest BCUT2D eigenvalue weighted by atomic mass is 32.1. The minimum absolute atomic E-state index is 0.677. The molecule has 8 aromatic carbocycles. The number of hydrogen-bond donors (Lipinski definition) is 0. The van der Waals surface area contributed by atoms with E-state index in [-0.39, 0.29) is 0 Å². The summed E-state index contributed by atoms with van der Waals surface area (Å²) in [6, 6.07) is 61.4. The molecule has 0 aliphatic rings. The van der Waals surface area contributed by atoms with E-state index in [1.807, 2.05) is 0 Å².